The SMILES string of the molecule is CC(C)(C)OC=O.CN.CN1C(NN)=C(N)C(=O)N(c2ccccc2)c2cc(Cl)ccc21. The van der Waals surface area contributed by atoms with Crippen LogP contribution in [0.3, 0.4) is 0 Å². The number of nitrogens with one attached hydrogen (secondary N) is 1. The summed E-state index contributed by atoms with van der Waals surface area (Å²) in [5.74, 6) is 5.51. The van der Waals surface area contributed by atoms with E-state index in [0.717, 1.165) is 5.69 Å². The predicted octanol–water partition coefficient (Wildman–Crippen LogP) is 2.58. The Labute approximate surface area is 193 Å². The van der Waals surface area contributed by atoms with Crippen LogP contribution in [0.4, 0.5) is 17.1 Å². The Kier molecular flexibility index (Phi) is 9.99. The summed E-state index contributed by atoms with van der Waals surface area (Å²) in [6, 6.07) is 14.5. The van der Waals surface area contributed by atoms with Crippen LogP contribution in [0.15, 0.2) is 60.0 Å². The second-order valence-corrected chi connectivity index (χ2v) is 7.84. The van der Waals surface area contributed by atoms with E-state index in [4.69, 9.17) is 23.2 Å². The van der Waals surface area contributed by atoms with Crippen molar-refractivity contribution in [1.82, 2.24) is 5.43 Å². The molecule has 1 aliphatic heterocycles. The molecular weight excluding hydrogens is 432 g/mol. The molecule has 0 radical (unpaired) electrons. The van der Waals surface area contributed by atoms with Crippen LogP contribution in [0.5, 0.6) is 0 Å². The van der Waals surface area contributed by atoms with Gasteiger partial charge in [0.25, 0.3) is 12.4 Å². The lowest BCUT2D eigenvalue weighted by molar-refractivity contribution is -0.138. The summed E-state index contributed by atoms with van der Waals surface area (Å²) >= 11 is 6.14. The summed E-state index contributed by atoms with van der Waals surface area (Å²) in [7, 11) is 3.27. The summed E-state index contributed by atoms with van der Waals surface area (Å²) in [5.41, 5.74) is 14.8. The number of carbonyl (C=O) groups excluding carboxylic acids is 2. The van der Waals surface area contributed by atoms with E-state index in [1.807, 2.05) is 57.2 Å². The minimum absolute atomic E-state index is 0.0196. The van der Waals surface area contributed by atoms with Gasteiger partial charge in [-0.25, -0.2) is 5.84 Å². The Morgan fingerprint density at radius 1 is 1.06 bits per heavy atom. The Morgan fingerprint density at radius 3 is 2.12 bits per heavy atom. The van der Waals surface area contributed by atoms with E-state index in [1.165, 1.54) is 11.9 Å². The molecular formula is C22H31ClN6O3. The molecule has 0 aliphatic carbocycles. The van der Waals surface area contributed by atoms with Crippen molar-refractivity contribution >= 4 is 41.0 Å². The Hall–Kier alpha value is -3.27. The Morgan fingerprint density at radius 2 is 1.66 bits per heavy atom. The molecule has 0 fully saturated rings. The zero-order chi connectivity index (χ0) is 24.5. The number of benzene rings is 2. The van der Waals surface area contributed by atoms with Gasteiger partial charge in [0.1, 0.15) is 17.1 Å². The van der Waals surface area contributed by atoms with Crippen LogP contribution in [0, 0.1) is 0 Å². The molecule has 174 valence electrons. The van der Waals surface area contributed by atoms with Crippen LogP contribution in [0.2, 0.25) is 5.02 Å². The number of nitrogens with two attached hydrogens (primary N) is 3. The molecule has 0 saturated carbocycles. The van der Waals surface area contributed by atoms with E-state index in [0.29, 0.717) is 28.7 Å². The molecule has 0 unspecified atom stereocenters. The molecule has 1 heterocycles. The molecule has 3 rings (SSSR count). The molecule has 32 heavy (non-hydrogen) atoms. The first-order chi connectivity index (χ1) is 15.1. The van der Waals surface area contributed by atoms with Crippen LogP contribution < -0.4 is 32.5 Å². The van der Waals surface area contributed by atoms with Crippen molar-refractivity contribution < 1.29 is 14.3 Å². The number of amides is 1. The van der Waals surface area contributed by atoms with Crippen molar-refractivity contribution in [2.75, 3.05) is 23.9 Å². The zero-order valence-corrected chi connectivity index (χ0v) is 19.7. The van der Waals surface area contributed by atoms with Crippen molar-refractivity contribution in [3.8, 4) is 0 Å². The Bertz CT molecular complexity index is 944. The van der Waals surface area contributed by atoms with Gasteiger partial charge in [0.05, 0.1) is 11.4 Å². The maximum atomic E-state index is 12.9. The van der Waals surface area contributed by atoms with Crippen molar-refractivity contribution in [1.29, 1.82) is 0 Å². The van der Waals surface area contributed by atoms with Gasteiger partial charge in [0, 0.05) is 17.8 Å². The van der Waals surface area contributed by atoms with E-state index < -0.39 is 0 Å². The lowest BCUT2D eigenvalue weighted by atomic mass is 10.2. The largest absolute Gasteiger partial charge is 0.462 e. The fourth-order valence-electron chi connectivity index (χ4n) is 2.74. The van der Waals surface area contributed by atoms with Crippen molar-refractivity contribution in [2.24, 2.45) is 17.3 Å². The highest BCUT2D eigenvalue weighted by Crippen LogP contribution is 2.40. The fourth-order valence-corrected chi connectivity index (χ4v) is 2.91. The highest BCUT2D eigenvalue weighted by atomic mass is 35.5. The first-order valence-corrected chi connectivity index (χ1v) is 10.1. The van der Waals surface area contributed by atoms with Gasteiger partial charge in [-0.2, -0.15) is 0 Å². The average Bonchev–Trinajstić information content (AvgIpc) is 2.83. The first kappa shape index (κ1) is 26.8. The van der Waals surface area contributed by atoms with Gasteiger partial charge < -0.3 is 26.5 Å². The third kappa shape index (κ3) is 6.61. The minimum atomic E-state index is -0.378. The van der Waals surface area contributed by atoms with Gasteiger partial charge in [-0.05, 0) is 58.2 Å². The van der Waals surface area contributed by atoms with Crippen LogP contribution in [-0.2, 0) is 14.3 Å². The molecule has 0 bridgehead atoms. The topological polar surface area (TPSA) is 140 Å². The van der Waals surface area contributed by atoms with E-state index in [1.54, 1.807) is 24.1 Å². The lowest BCUT2D eigenvalue weighted by Crippen LogP contribution is -2.38. The van der Waals surface area contributed by atoms with Gasteiger partial charge in [-0.1, -0.05) is 29.8 Å². The van der Waals surface area contributed by atoms with Gasteiger partial charge >= 0.3 is 0 Å². The molecule has 7 N–H and O–H groups in total. The van der Waals surface area contributed by atoms with Crippen LogP contribution in [-0.4, -0.2) is 32.1 Å². The molecule has 0 atom stereocenters. The standard InChI is InChI=1S/C16H16ClN5O.C5H10O2.CH5N/c1-21-12-8-7-10(17)9-13(12)22(11-5-3-2-4-6-11)16(23)14(18)15(21)20-19;1-5(2,3)7-4-6;1-2/h2-9,20H,18-19H2,1H3;4H,1-3H3;2H2,1H3. The van der Waals surface area contributed by atoms with E-state index in [-0.39, 0.29) is 17.2 Å². The summed E-state index contributed by atoms with van der Waals surface area (Å²) < 4.78 is 4.55. The number of halogens is 1. The average molecular weight is 463 g/mol. The number of hydrogen-bond donors (Lipinski definition) is 4. The maximum Gasteiger partial charge on any atom is 0.293 e. The number of hydrazine groups is 1. The van der Waals surface area contributed by atoms with Crippen molar-refractivity contribution in [2.45, 2.75) is 26.4 Å². The van der Waals surface area contributed by atoms with Gasteiger partial charge in [0.2, 0.25) is 0 Å². The van der Waals surface area contributed by atoms with E-state index in [9.17, 15) is 9.59 Å². The number of para-hydroxylation sites is 1. The highest BCUT2D eigenvalue weighted by Gasteiger charge is 2.31. The molecule has 9 nitrogen and oxygen atoms in total. The number of fused-ring (bicyclic) bond motifs is 1. The lowest BCUT2D eigenvalue weighted by Gasteiger charge is -2.25. The van der Waals surface area contributed by atoms with Gasteiger partial charge in [0.15, 0.2) is 0 Å². The number of rotatable bonds is 3. The van der Waals surface area contributed by atoms with Crippen LogP contribution in [0.25, 0.3) is 0 Å². The van der Waals surface area contributed by atoms with E-state index in [2.05, 4.69) is 15.9 Å². The van der Waals surface area contributed by atoms with Crippen molar-refractivity contribution in [3.63, 3.8) is 0 Å². The number of ether oxygens (including phenoxy) is 1. The zero-order valence-electron chi connectivity index (χ0n) is 18.9. The maximum absolute atomic E-state index is 12.9. The molecule has 1 aliphatic rings. The molecule has 2 aromatic carbocycles. The predicted molar refractivity (Wildman–Crippen MR) is 129 cm³/mol. The number of carbonyl (C=O) groups is 2. The van der Waals surface area contributed by atoms with Gasteiger partial charge in [-0.3, -0.25) is 14.5 Å². The molecule has 0 aromatic heterocycles. The third-order valence-electron chi connectivity index (χ3n) is 4.12. The second-order valence-electron chi connectivity index (χ2n) is 7.40. The molecule has 0 spiro atoms. The minimum Gasteiger partial charge on any atom is -0.462 e. The number of anilines is 3. The van der Waals surface area contributed by atoms with Crippen molar-refractivity contribution in [3.05, 3.63) is 65.1 Å². The number of hydrogen-bond acceptors (Lipinski definition) is 8. The normalized spacial score (nSPS) is 13.1. The molecule has 1 amide bonds. The summed E-state index contributed by atoms with van der Waals surface area (Å²) in [6.45, 7) is 5.92. The molecule has 10 heteroatoms. The van der Waals surface area contributed by atoms with Gasteiger partial charge in [-0.15, -0.1) is 0 Å². The summed E-state index contributed by atoms with van der Waals surface area (Å²) in [5, 5.41) is 0.522. The summed E-state index contributed by atoms with van der Waals surface area (Å²) in [4.78, 5) is 25.8. The summed E-state index contributed by atoms with van der Waals surface area (Å²) in [6.07, 6.45) is 0. The fraction of sp³-hybridized carbons (Fsp3) is 0.273. The Balaban J connectivity index is 0.000000488. The van der Waals surface area contributed by atoms with E-state index >= 15 is 0 Å². The highest BCUT2D eigenvalue weighted by molar-refractivity contribution is 6.31. The third-order valence-corrected chi connectivity index (χ3v) is 4.35. The molecule has 2 aromatic rings. The van der Waals surface area contributed by atoms with Crippen LogP contribution >= 0.6 is 11.6 Å². The molecule has 0 saturated heterocycles. The monoisotopic (exact) mass is 462 g/mol. The quantitative estimate of drug-likeness (QED) is 0.310. The van der Waals surface area contributed by atoms with Crippen LogP contribution in [0.1, 0.15) is 20.8 Å². The first-order valence-electron chi connectivity index (χ1n) is 9.69. The smallest absolute Gasteiger partial charge is 0.293 e. The number of nitrogens with zero attached hydrogens (tertiary/aromatic N) is 2. The second kappa shape index (κ2) is 11.9.